The van der Waals surface area contributed by atoms with Gasteiger partial charge < -0.3 is 10.6 Å². The Bertz CT molecular complexity index is 596. The summed E-state index contributed by atoms with van der Waals surface area (Å²) in [5.41, 5.74) is 2.70. The lowest BCUT2D eigenvalue weighted by molar-refractivity contribution is 0.0954. The van der Waals surface area contributed by atoms with E-state index in [0.717, 1.165) is 24.5 Å². The van der Waals surface area contributed by atoms with Gasteiger partial charge in [0.1, 0.15) is 5.82 Å². The summed E-state index contributed by atoms with van der Waals surface area (Å²) in [6, 6.07) is 13.7. The second-order valence-electron chi connectivity index (χ2n) is 4.90. The van der Waals surface area contributed by atoms with Crippen molar-refractivity contribution in [3.63, 3.8) is 0 Å². The van der Waals surface area contributed by atoms with Gasteiger partial charge in [-0.3, -0.25) is 4.79 Å². The smallest absolute Gasteiger partial charge is 0.251 e. The zero-order chi connectivity index (χ0) is 15.1. The lowest BCUT2D eigenvalue weighted by Crippen LogP contribution is -2.26. The van der Waals surface area contributed by atoms with Crippen LogP contribution in [-0.2, 0) is 6.42 Å². The van der Waals surface area contributed by atoms with Gasteiger partial charge in [0.15, 0.2) is 0 Å². The number of aryl methyl sites for hydroxylation is 1. The number of carbonyl (C=O) groups is 1. The topological polar surface area (TPSA) is 54.0 Å². The molecule has 4 nitrogen and oxygen atoms in total. The summed E-state index contributed by atoms with van der Waals surface area (Å²) in [4.78, 5) is 16.5. The van der Waals surface area contributed by atoms with Crippen molar-refractivity contribution in [3.05, 3.63) is 59.3 Å². The van der Waals surface area contributed by atoms with E-state index in [1.165, 1.54) is 5.56 Å². The zero-order valence-electron chi connectivity index (χ0n) is 12.5. The summed E-state index contributed by atoms with van der Waals surface area (Å²) in [5, 5.41) is 6.08. The van der Waals surface area contributed by atoms with E-state index in [9.17, 15) is 4.79 Å². The molecule has 0 saturated carbocycles. The van der Waals surface area contributed by atoms with Crippen LogP contribution < -0.4 is 10.6 Å². The van der Waals surface area contributed by atoms with Gasteiger partial charge in [-0.25, -0.2) is 4.98 Å². The molecule has 2 aromatic rings. The fraction of sp³-hybridized carbons (Fsp3) is 0.294. The average molecular weight is 283 g/mol. The molecule has 1 aromatic carbocycles. The third kappa shape index (κ3) is 4.60. The molecule has 21 heavy (non-hydrogen) atoms. The third-order valence-electron chi connectivity index (χ3n) is 3.12. The molecule has 0 aliphatic heterocycles. The Hall–Kier alpha value is -2.36. The van der Waals surface area contributed by atoms with Crippen molar-refractivity contribution < 1.29 is 4.79 Å². The molecule has 0 saturated heterocycles. The average Bonchev–Trinajstić information content (AvgIpc) is 2.48. The molecule has 0 fully saturated rings. The maximum Gasteiger partial charge on any atom is 0.251 e. The molecule has 0 unspecified atom stereocenters. The number of hydrogen-bond donors (Lipinski definition) is 2. The maximum absolute atomic E-state index is 12.2. The molecule has 2 rings (SSSR count). The van der Waals surface area contributed by atoms with E-state index in [1.807, 2.05) is 32.0 Å². The molecule has 1 aromatic heterocycles. The van der Waals surface area contributed by atoms with Crippen molar-refractivity contribution in [2.45, 2.75) is 20.3 Å². The highest BCUT2D eigenvalue weighted by molar-refractivity contribution is 5.95. The van der Waals surface area contributed by atoms with E-state index >= 15 is 0 Å². The second kappa shape index (κ2) is 7.43. The van der Waals surface area contributed by atoms with Crippen LogP contribution in [0.4, 0.5) is 5.82 Å². The Balaban J connectivity index is 1.94. The van der Waals surface area contributed by atoms with Crippen molar-refractivity contribution >= 4 is 11.7 Å². The summed E-state index contributed by atoms with van der Waals surface area (Å²) in [6.07, 6.45) is 0.830. The van der Waals surface area contributed by atoms with Gasteiger partial charge >= 0.3 is 0 Å². The van der Waals surface area contributed by atoms with Crippen LogP contribution in [0.15, 0.2) is 42.5 Å². The van der Waals surface area contributed by atoms with Gasteiger partial charge in [0.25, 0.3) is 5.91 Å². The first kappa shape index (κ1) is 15.0. The molecule has 2 N–H and O–H groups in total. The van der Waals surface area contributed by atoms with Gasteiger partial charge in [-0.1, -0.05) is 30.3 Å². The lowest BCUT2D eigenvalue weighted by atomic mass is 10.1. The van der Waals surface area contributed by atoms with Crippen molar-refractivity contribution in [1.82, 2.24) is 10.3 Å². The van der Waals surface area contributed by atoms with Crippen molar-refractivity contribution in [2.75, 3.05) is 18.4 Å². The predicted molar refractivity (Wildman–Crippen MR) is 85.6 cm³/mol. The Kier molecular flexibility index (Phi) is 5.32. The lowest BCUT2D eigenvalue weighted by Gasteiger charge is -2.09. The first-order valence-electron chi connectivity index (χ1n) is 7.23. The van der Waals surface area contributed by atoms with Crippen LogP contribution in [0, 0.1) is 6.92 Å². The summed E-state index contributed by atoms with van der Waals surface area (Å²) in [5.74, 6) is 0.682. The Morgan fingerprint density at radius 2 is 1.95 bits per heavy atom. The van der Waals surface area contributed by atoms with Crippen LogP contribution >= 0.6 is 0 Å². The number of rotatable bonds is 6. The fourth-order valence-corrected chi connectivity index (χ4v) is 2.14. The number of aromatic nitrogens is 1. The number of nitrogens with one attached hydrogen (secondary N) is 2. The standard InChI is InChI=1S/C17H21N3O/c1-3-18-16-12-15(11-13(2)20-16)17(21)19-10-9-14-7-5-4-6-8-14/h4-8,11-12H,3,9-10H2,1-2H3,(H,18,20)(H,19,21). The van der Waals surface area contributed by atoms with Crippen molar-refractivity contribution in [1.29, 1.82) is 0 Å². The summed E-state index contributed by atoms with van der Waals surface area (Å²) < 4.78 is 0. The number of pyridine rings is 1. The number of nitrogens with zero attached hydrogens (tertiary/aromatic N) is 1. The number of amides is 1. The molecular weight excluding hydrogens is 262 g/mol. The highest BCUT2D eigenvalue weighted by atomic mass is 16.1. The maximum atomic E-state index is 12.2. The largest absolute Gasteiger partial charge is 0.370 e. The fourth-order valence-electron chi connectivity index (χ4n) is 2.14. The van der Waals surface area contributed by atoms with Crippen LogP contribution in [0.2, 0.25) is 0 Å². The van der Waals surface area contributed by atoms with Crippen LogP contribution in [0.25, 0.3) is 0 Å². The summed E-state index contributed by atoms with van der Waals surface area (Å²) >= 11 is 0. The molecule has 1 heterocycles. The molecule has 110 valence electrons. The van der Waals surface area contributed by atoms with E-state index in [2.05, 4.69) is 27.8 Å². The minimum atomic E-state index is -0.0596. The quantitative estimate of drug-likeness (QED) is 0.857. The Labute approximate surface area is 125 Å². The van der Waals surface area contributed by atoms with Crippen LogP contribution in [0.1, 0.15) is 28.5 Å². The normalized spacial score (nSPS) is 10.2. The minimum Gasteiger partial charge on any atom is -0.370 e. The van der Waals surface area contributed by atoms with Gasteiger partial charge in [0, 0.05) is 24.3 Å². The first-order valence-corrected chi connectivity index (χ1v) is 7.23. The van der Waals surface area contributed by atoms with Gasteiger partial charge in [-0.15, -0.1) is 0 Å². The zero-order valence-corrected chi connectivity index (χ0v) is 12.5. The number of anilines is 1. The van der Waals surface area contributed by atoms with Crippen LogP contribution in [-0.4, -0.2) is 24.0 Å². The van der Waals surface area contributed by atoms with Crippen LogP contribution in [0.5, 0.6) is 0 Å². The van der Waals surface area contributed by atoms with Crippen molar-refractivity contribution in [2.24, 2.45) is 0 Å². The van der Waals surface area contributed by atoms with Gasteiger partial charge in [-0.05, 0) is 38.0 Å². The predicted octanol–water partition coefficient (Wildman–Crippen LogP) is 2.79. The first-order chi connectivity index (χ1) is 10.2. The van der Waals surface area contributed by atoms with E-state index in [4.69, 9.17) is 0 Å². The van der Waals surface area contributed by atoms with E-state index < -0.39 is 0 Å². The van der Waals surface area contributed by atoms with E-state index in [1.54, 1.807) is 12.1 Å². The SMILES string of the molecule is CCNc1cc(C(=O)NCCc2ccccc2)cc(C)n1. The van der Waals surface area contributed by atoms with Gasteiger partial charge in [-0.2, -0.15) is 0 Å². The van der Waals surface area contributed by atoms with E-state index in [0.29, 0.717) is 12.1 Å². The highest BCUT2D eigenvalue weighted by Gasteiger charge is 2.08. The third-order valence-corrected chi connectivity index (χ3v) is 3.12. The molecule has 0 aliphatic rings. The van der Waals surface area contributed by atoms with E-state index in [-0.39, 0.29) is 5.91 Å². The molecule has 0 spiro atoms. The second-order valence-corrected chi connectivity index (χ2v) is 4.90. The highest BCUT2D eigenvalue weighted by Crippen LogP contribution is 2.10. The van der Waals surface area contributed by atoms with Crippen LogP contribution in [0.3, 0.4) is 0 Å². The van der Waals surface area contributed by atoms with Gasteiger partial charge in [0.2, 0.25) is 0 Å². The number of carbonyl (C=O) groups excluding carboxylic acids is 1. The summed E-state index contributed by atoms with van der Waals surface area (Å²) in [7, 11) is 0. The Morgan fingerprint density at radius 1 is 1.19 bits per heavy atom. The van der Waals surface area contributed by atoms with Crippen molar-refractivity contribution in [3.8, 4) is 0 Å². The molecule has 0 bridgehead atoms. The molecule has 1 amide bonds. The monoisotopic (exact) mass is 283 g/mol. The molecular formula is C17H21N3O. The van der Waals surface area contributed by atoms with Gasteiger partial charge in [0.05, 0.1) is 0 Å². The number of benzene rings is 1. The molecule has 0 atom stereocenters. The Morgan fingerprint density at radius 3 is 2.67 bits per heavy atom. The minimum absolute atomic E-state index is 0.0596. The molecule has 0 radical (unpaired) electrons. The molecule has 0 aliphatic carbocycles. The summed E-state index contributed by atoms with van der Waals surface area (Å²) in [6.45, 7) is 5.30. The number of hydrogen-bond acceptors (Lipinski definition) is 3. The molecule has 4 heteroatoms.